The van der Waals surface area contributed by atoms with Gasteiger partial charge in [-0.2, -0.15) is 0 Å². The molecule has 0 radical (unpaired) electrons. The molecule has 1 aliphatic rings. The molecule has 1 N–H and O–H groups in total. The van der Waals surface area contributed by atoms with Gasteiger partial charge in [0, 0.05) is 0 Å². The maximum atomic E-state index is 13.4. The molecule has 0 spiro atoms. The molecule has 1 heterocycles. The fraction of sp³-hybridized carbons (Fsp3) is 0.222. The summed E-state index contributed by atoms with van der Waals surface area (Å²) in [6.07, 6.45) is 3.05. The van der Waals surface area contributed by atoms with E-state index in [1.54, 1.807) is 10.6 Å². The van der Waals surface area contributed by atoms with Gasteiger partial charge in [-0.3, -0.25) is 14.2 Å². The first-order chi connectivity index (χ1) is 16.1. The average Bonchev–Trinajstić information content (AvgIpc) is 2.85. The van der Waals surface area contributed by atoms with Gasteiger partial charge in [0.1, 0.15) is 0 Å². The van der Waals surface area contributed by atoms with E-state index in [1.807, 2.05) is 61.5 Å². The summed E-state index contributed by atoms with van der Waals surface area (Å²) in [6.45, 7) is 1.87. The first kappa shape index (κ1) is 21.5. The first-order valence-corrected chi connectivity index (χ1v) is 12.1. The van der Waals surface area contributed by atoms with E-state index in [-0.39, 0.29) is 17.5 Å². The van der Waals surface area contributed by atoms with E-state index in [0.29, 0.717) is 16.1 Å². The topological polar surface area (TPSA) is 64.0 Å². The zero-order valence-electron chi connectivity index (χ0n) is 18.4. The van der Waals surface area contributed by atoms with Crippen LogP contribution in [0.1, 0.15) is 36.9 Å². The maximum Gasteiger partial charge on any atom is 0.266 e. The minimum atomic E-state index is -0.415. The first-order valence-electron chi connectivity index (χ1n) is 11.2. The Morgan fingerprint density at radius 2 is 1.76 bits per heavy atom. The van der Waals surface area contributed by atoms with Gasteiger partial charge in [-0.05, 0) is 61.6 Å². The summed E-state index contributed by atoms with van der Waals surface area (Å²) >= 11 is 1.31. The standard InChI is InChI=1S/C27H25N3O2S/c1-18(25(31)28-23-17-9-11-19-10-5-6-14-21(19)23)33-27-29-24-16-8-7-15-22(24)26(32)30(27)20-12-3-2-4-13-20/h2-8,10,12-16,18,23H,9,11,17H2,1H3,(H,28,31). The largest absolute Gasteiger partial charge is 0.348 e. The van der Waals surface area contributed by atoms with Crippen molar-refractivity contribution < 1.29 is 4.79 Å². The number of hydrogen-bond acceptors (Lipinski definition) is 4. The van der Waals surface area contributed by atoms with Crippen molar-refractivity contribution in [1.82, 2.24) is 14.9 Å². The van der Waals surface area contributed by atoms with Crippen molar-refractivity contribution in [3.63, 3.8) is 0 Å². The highest BCUT2D eigenvalue weighted by Gasteiger charge is 2.25. The van der Waals surface area contributed by atoms with E-state index in [0.717, 1.165) is 24.9 Å². The zero-order chi connectivity index (χ0) is 22.8. The number of carbonyl (C=O) groups excluding carboxylic acids is 1. The third-order valence-electron chi connectivity index (χ3n) is 6.10. The molecule has 1 aliphatic carbocycles. The average molecular weight is 456 g/mol. The van der Waals surface area contributed by atoms with Crippen LogP contribution in [0.4, 0.5) is 0 Å². The Kier molecular flexibility index (Phi) is 6.01. The molecule has 2 atom stereocenters. The van der Waals surface area contributed by atoms with Gasteiger partial charge >= 0.3 is 0 Å². The van der Waals surface area contributed by atoms with Gasteiger partial charge in [-0.1, -0.05) is 66.4 Å². The Hall–Kier alpha value is -3.38. The van der Waals surface area contributed by atoms with Gasteiger partial charge in [0.15, 0.2) is 5.16 Å². The number of carbonyl (C=O) groups is 1. The molecule has 6 heteroatoms. The normalized spacial score (nSPS) is 16.2. The SMILES string of the molecule is CC(Sc1nc2ccccc2c(=O)n1-c1ccccc1)C(=O)NC1CCCc2ccccc21. The van der Waals surface area contributed by atoms with Crippen LogP contribution in [0.15, 0.2) is 88.8 Å². The third-order valence-corrected chi connectivity index (χ3v) is 7.15. The van der Waals surface area contributed by atoms with E-state index in [4.69, 9.17) is 4.98 Å². The van der Waals surface area contributed by atoms with E-state index < -0.39 is 5.25 Å². The smallest absolute Gasteiger partial charge is 0.266 e. The number of nitrogens with one attached hydrogen (secondary N) is 1. The predicted octanol–water partition coefficient (Wildman–Crippen LogP) is 5.06. The van der Waals surface area contributed by atoms with Crippen LogP contribution in [-0.4, -0.2) is 20.7 Å². The number of aromatic nitrogens is 2. The van der Waals surface area contributed by atoms with Crippen molar-refractivity contribution in [3.05, 3.63) is 100 Å². The minimum Gasteiger partial charge on any atom is -0.348 e. The van der Waals surface area contributed by atoms with Crippen LogP contribution >= 0.6 is 11.8 Å². The minimum absolute atomic E-state index is 0.0198. The second kappa shape index (κ2) is 9.24. The Balaban J connectivity index is 1.45. The number of hydrogen-bond donors (Lipinski definition) is 1. The molecule has 5 nitrogen and oxygen atoms in total. The van der Waals surface area contributed by atoms with Crippen LogP contribution < -0.4 is 10.9 Å². The molecule has 1 aromatic heterocycles. The molecule has 3 aromatic carbocycles. The van der Waals surface area contributed by atoms with Crippen molar-refractivity contribution >= 4 is 28.6 Å². The molecular formula is C27H25N3O2S. The lowest BCUT2D eigenvalue weighted by Gasteiger charge is -2.27. The maximum absolute atomic E-state index is 13.4. The summed E-state index contributed by atoms with van der Waals surface area (Å²) < 4.78 is 1.60. The second-order valence-electron chi connectivity index (χ2n) is 8.30. The van der Waals surface area contributed by atoms with Crippen LogP contribution in [0, 0.1) is 0 Å². The van der Waals surface area contributed by atoms with Crippen molar-refractivity contribution in [2.75, 3.05) is 0 Å². The number of fused-ring (bicyclic) bond motifs is 2. The van der Waals surface area contributed by atoms with E-state index in [2.05, 4.69) is 23.5 Å². The third kappa shape index (κ3) is 4.31. The van der Waals surface area contributed by atoms with Gasteiger partial charge in [0.05, 0.1) is 27.9 Å². The Morgan fingerprint density at radius 1 is 1.03 bits per heavy atom. The molecule has 0 saturated carbocycles. The van der Waals surface area contributed by atoms with Crippen molar-refractivity contribution in [3.8, 4) is 5.69 Å². The molecule has 4 aromatic rings. The highest BCUT2D eigenvalue weighted by molar-refractivity contribution is 8.00. The van der Waals surface area contributed by atoms with Gasteiger partial charge in [-0.15, -0.1) is 0 Å². The summed E-state index contributed by atoms with van der Waals surface area (Å²) in [6, 6.07) is 25.1. The lowest BCUT2D eigenvalue weighted by molar-refractivity contribution is -0.121. The second-order valence-corrected chi connectivity index (χ2v) is 9.61. The van der Waals surface area contributed by atoms with Gasteiger partial charge in [0.25, 0.3) is 5.56 Å². The van der Waals surface area contributed by atoms with Crippen LogP contribution in [0.5, 0.6) is 0 Å². The highest BCUT2D eigenvalue weighted by Crippen LogP contribution is 2.31. The molecule has 1 amide bonds. The monoisotopic (exact) mass is 455 g/mol. The van der Waals surface area contributed by atoms with Gasteiger partial charge in [0.2, 0.25) is 5.91 Å². The summed E-state index contributed by atoms with van der Waals surface area (Å²) in [4.78, 5) is 31.3. The number of benzene rings is 3. The van der Waals surface area contributed by atoms with Gasteiger partial charge in [-0.25, -0.2) is 4.98 Å². The molecule has 2 unspecified atom stereocenters. The number of amides is 1. The van der Waals surface area contributed by atoms with Crippen LogP contribution in [0.3, 0.4) is 0 Å². The Bertz CT molecular complexity index is 1370. The lowest BCUT2D eigenvalue weighted by Crippen LogP contribution is -2.36. The highest BCUT2D eigenvalue weighted by atomic mass is 32.2. The fourth-order valence-corrected chi connectivity index (χ4v) is 5.34. The number of nitrogens with zero attached hydrogens (tertiary/aromatic N) is 2. The molecular weight excluding hydrogens is 430 g/mol. The predicted molar refractivity (Wildman–Crippen MR) is 133 cm³/mol. The number of thioether (sulfide) groups is 1. The number of aryl methyl sites for hydroxylation is 1. The quantitative estimate of drug-likeness (QED) is 0.337. The summed E-state index contributed by atoms with van der Waals surface area (Å²) in [5.41, 5.74) is 3.74. The van der Waals surface area contributed by atoms with Crippen molar-refractivity contribution in [1.29, 1.82) is 0 Å². The van der Waals surface area contributed by atoms with Crippen molar-refractivity contribution in [2.24, 2.45) is 0 Å². The summed E-state index contributed by atoms with van der Waals surface area (Å²) in [7, 11) is 0. The molecule has 166 valence electrons. The molecule has 5 rings (SSSR count). The van der Waals surface area contributed by atoms with Crippen LogP contribution in [-0.2, 0) is 11.2 Å². The van der Waals surface area contributed by atoms with Crippen LogP contribution in [0.25, 0.3) is 16.6 Å². The molecule has 33 heavy (non-hydrogen) atoms. The fourth-order valence-electron chi connectivity index (χ4n) is 4.40. The van der Waals surface area contributed by atoms with E-state index >= 15 is 0 Å². The zero-order valence-corrected chi connectivity index (χ0v) is 19.2. The summed E-state index contributed by atoms with van der Waals surface area (Å²) in [5, 5.41) is 3.88. The molecule has 0 bridgehead atoms. The Labute approximate surface area is 196 Å². The summed E-state index contributed by atoms with van der Waals surface area (Å²) in [5.74, 6) is -0.0521. The number of rotatable bonds is 5. The Morgan fingerprint density at radius 3 is 2.61 bits per heavy atom. The molecule has 0 aliphatic heterocycles. The van der Waals surface area contributed by atoms with E-state index in [9.17, 15) is 9.59 Å². The number of para-hydroxylation sites is 2. The molecule has 0 fully saturated rings. The van der Waals surface area contributed by atoms with Crippen LogP contribution in [0.2, 0.25) is 0 Å². The van der Waals surface area contributed by atoms with Gasteiger partial charge < -0.3 is 5.32 Å². The molecule has 0 saturated heterocycles. The van der Waals surface area contributed by atoms with E-state index in [1.165, 1.54) is 22.9 Å². The lowest BCUT2D eigenvalue weighted by atomic mass is 9.88. The van der Waals surface area contributed by atoms with Crippen molar-refractivity contribution in [2.45, 2.75) is 42.6 Å².